The zero-order chi connectivity index (χ0) is 26.9. The molecule has 3 N–H and O–H groups in total. The number of benzene rings is 3. The molecule has 3 aromatic rings. The van der Waals surface area contributed by atoms with Gasteiger partial charge in [0.25, 0.3) is 5.91 Å². The minimum absolute atomic E-state index is 0. The van der Waals surface area contributed by atoms with Crippen molar-refractivity contribution >= 4 is 34.9 Å². The zero-order valence-electron chi connectivity index (χ0n) is 21.6. The highest BCUT2D eigenvalue weighted by atomic mass is 16.4. The van der Waals surface area contributed by atoms with Gasteiger partial charge in [-0.25, -0.2) is 4.79 Å². The van der Waals surface area contributed by atoms with Gasteiger partial charge in [0.15, 0.2) is 0 Å². The number of allylic oxidation sites excluding steroid dienone is 2. The van der Waals surface area contributed by atoms with E-state index in [9.17, 15) is 14.4 Å². The zero-order valence-corrected chi connectivity index (χ0v) is 21.6. The average Bonchev–Trinajstić information content (AvgIpc) is 2.92. The van der Waals surface area contributed by atoms with Gasteiger partial charge in [0.05, 0.1) is 13.0 Å². The number of anilines is 2. The largest absolute Gasteiger partial charge is 0.481 e. The molecular weight excluding hydrogens is 490 g/mol. The summed E-state index contributed by atoms with van der Waals surface area (Å²) in [5.41, 5.74) is 6.37. The monoisotopic (exact) mass is 527 g/mol. The van der Waals surface area contributed by atoms with E-state index in [0.29, 0.717) is 12.1 Å². The van der Waals surface area contributed by atoms with Gasteiger partial charge < -0.3 is 15.7 Å². The molecular formula is C32H37N3O4. The molecule has 39 heavy (non-hydrogen) atoms. The molecule has 3 amide bonds. The quantitative estimate of drug-likeness (QED) is 0.278. The lowest BCUT2D eigenvalue weighted by Crippen LogP contribution is -2.34. The second kappa shape index (κ2) is 14.0. The summed E-state index contributed by atoms with van der Waals surface area (Å²) in [7, 11) is 0. The fourth-order valence-electron chi connectivity index (χ4n) is 4.48. The summed E-state index contributed by atoms with van der Waals surface area (Å²) in [5, 5.41) is 14.4. The highest BCUT2D eigenvalue weighted by Crippen LogP contribution is 2.29. The van der Waals surface area contributed by atoms with Crippen molar-refractivity contribution in [2.24, 2.45) is 0 Å². The number of hydrogen-bond donors (Lipinski definition) is 3. The molecule has 1 aliphatic carbocycles. The lowest BCUT2D eigenvalue weighted by molar-refractivity contribution is -0.136. The smallest absolute Gasteiger partial charge is 0.326 e. The van der Waals surface area contributed by atoms with Gasteiger partial charge in [-0.05, 0) is 91.3 Å². The number of carbonyl (C=O) groups excluding carboxylic acids is 2. The van der Waals surface area contributed by atoms with Crippen LogP contribution in [0.4, 0.5) is 16.2 Å². The summed E-state index contributed by atoms with van der Waals surface area (Å²) < 4.78 is 0. The fraction of sp³-hybridized carbons (Fsp3) is 0.281. The van der Waals surface area contributed by atoms with Crippen molar-refractivity contribution in [2.45, 2.75) is 53.0 Å². The van der Waals surface area contributed by atoms with E-state index in [-0.39, 0.29) is 32.3 Å². The molecule has 0 saturated heterocycles. The molecule has 0 aromatic heterocycles. The first kappa shape index (κ1) is 29.2. The molecule has 3 aromatic carbocycles. The van der Waals surface area contributed by atoms with E-state index in [2.05, 4.69) is 28.8 Å². The van der Waals surface area contributed by atoms with Crippen LogP contribution in [-0.2, 0) is 11.3 Å². The van der Waals surface area contributed by atoms with Crippen LogP contribution in [0, 0.1) is 6.92 Å². The molecule has 0 spiro atoms. The molecule has 7 heteroatoms. The Kier molecular flexibility index (Phi) is 10.4. The predicted molar refractivity (Wildman–Crippen MR) is 157 cm³/mol. The van der Waals surface area contributed by atoms with Crippen LogP contribution < -0.4 is 15.5 Å². The Hall–Kier alpha value is -4.39. The number of hydrogen-bond acceptors (Lipinski definition) is 3. The SMILES string of the molecule is C.Cc1cccc(NC(=O)N(Cc2ccc(C(=O)NCCC(=O)O)cc2)c2ccc(C3=CCCCC3)cc2)c1. The number of nitrogens with zero attached hydrogens (tertiary/aromatic N) is 1. The Balaban J connectivity index is 0.00000420. The molecule has 4 rings (SSSR count). The second-order valence-corrected chi connectivity index (χ2v) is 9.50. The number of carboxylic acid groups (broad SMARTS) is 1. The van der Waals surface area contributed by atoms with Gasteiger partial charge in [0, 0.05) is 23.5 Å². The predicted octanol–water partition coefficient (Wildman–Crippen LogP) is 7.03. The Morgan fingerprint density at radius 1 is 0.949 bits per heavy atom. The van der Waals surface area contributed by atoms with E-state index in [1.165, 1.54) is 24.0 Å². The normalized spacial score (nSPS) is 12.5. The molecule has 204 valence electrons. The topological polar surface area (TPSA) is 98.7 Å². The Morgan fingerprint density at radius 3 is 2.33 bits per heavy atom. The van der Waals surface area contributed by atoms with Crippen molar-refractivity contribution in [3.8, 4) is 0 Å². The van der Waals surface area contributed by atoms with Gasteiger partial charge in [-0.1, -0.05) is 49.9 Å². The molecule has 7 nitrogen and oxygen atoms in total. The lowest BCUT2D eigenvalue weighted by atomic mass is 9.93. The van der Waals surface area contributed by atoms with E-state index in [1.807, 2.05) is 43.3 Å². The maximum atomic E-state index is 13.5. The van der Waals surface area contributed by atoms with Crippen molar-refractivity contribution < 1.29 is 19.5 Å². The van der Waals surface area contributed by atoms with Crippen molar-refractivity contribution in [3.05, 3.63) is 101 Å². The Morgan fingerprint density at radius 2 is 1.69 bits per heavy atom. The van der Waals surface area contributed by atoms with Gasteiger partial charge in [-0.3, -0.25) is 14.5 Å². The van der Waals surface area contributed by atoms with Crippen LogP contribution in [0.15, 0.2) is 78.9 Å². The number of carboxylic acids is 1. The van der Waals surface area contributed by atoms with Crippen molar-refractivity contribution in [1.82, 2.24) is 5.32 Å². The van der Waals surface area contributed by atoms with Gasteiger partial charge in [0.1, 0.15) is 0 Å². The molecule has 0 aliphatic heterocycles. The maximum Gasteiger partial charge on any atom is 0.326 e. The standard InChI is InChI=1S/C31H33N3O4.CH4/c1-22-6-5-9-27(20-22)33-31(38)34(28-16-14-25(15-17-28)24-7-3-2-4-8-24)21-23-10-12-26(13-11-23)30(37)32-19-18-29(35)36;/h5-7,9-17,20H,2-4,8,18-19,21H2,1H3,(H,32,37)(H,33,38)(H,35,36);1H4. The van der Waals surface area contributed by atoms with Crippen LogP contribution in [0.25, 0.3) is 5.57 Å². The number of amides is 3. The molecule has 1 aliphatic rings. The minimum Gasteiger partial charge on any atom is -0.481 e. The third kappa shape index (κ3) is 8.30. The van der Waals surface area contributed by atoms with Crippen molar-refractivity contribution in [2.75, 3.05) is 16.8 Å². The number of aliphatic carboxylic acids is 1. The van der Waals surface area contributed by atoms with Crippen LogP contribution >= 0.6 is 0 Å². The molecule has 0 heterocycles. The Labute approximate surface area is 230 Å². The number of urea groups is 1. The fourth-order valence-corrected chi connectivity index (χ4v) is 4.48. The van der Waals surface area contributed by atoms with Crippen LogP contribution in [0.1, 0.15) is 66.6 Å². The lowest BCUT2D eigenvalue weighted by Gasteiger charge is -2.24. The average molecular weight is 528 g/mol. The number of carbonyl (C=O) groups is 3. The number of nitrogens with one attached hydrogen (secondary N) is 2. The van der Waals surface area contributed by atoms with E-state index in [4.69, 9.17) is 5.11 Å². The first-order valence-electron chi connectivity index (χ1n) is 12.9. The second-order valence-electron chi connectivity index (χ2n) is 9.50. The highest BCUT2D eigenvalue weighted by molar-refractivity contribution is 6.02. The first-order chi connectivity index (χ1) is 18.4. The van der Waals surface area contributed by atoms with E-state index < -0.39 is 5.97 Å². The van der Waals surface area contributed by atoms with E-state index in [0.717, 1.165) is 35.3 Å². The van der Waals surface area contributed by atoms with Gasteiger partial charge in [-0.15, -0.1) is 0 Å². The van der Waals surface area contributed by atoms with Crippen LogP contribution in [0.2, 0.25) is 0 Å². The molecule has 0 atom stereocenters. The third-order valence-corrected chi connectivity index (χ3v) is 6.54. The van der Waals surface area contributed by atoms with Gasteiger partial charge in [0.2, 0.25) is 0 Å². The van der Waals surface area contributed by atoms with Crippen LogP contribution in [0.3, 0.4) is 0 Å². The summed E-state index contributed by atoms with van der Waals surface area (Å²) in [6.07, 6.45) is 6.79. The third-order valence-electron chi connectivity index (χ3n) is 6.54. The molecule has 0 fully saturated rings. The van der Waals surface area contributed by atoms with E-state index in [1.54, 1.807) is 29.2 Å². The van der Waals surface area contributed by atoms with Crippen LogP contribution in [-0.4, -0.2) is 29.6 Å². The van der Waals surface area contributed by atoms with Gasteiger partial charge >= 0.3 is 12.0 Å². The van der Waals surface area contributed by atoms with Crippen LogP contribution in [0.5, 0.6) is 0 Å². The van der Waals surface area contributed by atoms with E-state index >= 15 is 0 Å². The van der Waals surface area contributed by atoms with Crippen molar-refractivity contribution in [1.29, 1.82) is 0 Å². The number of aryl methyl sites for hydroxylation is 1. The maximum absolute atomic E-state index is 13.5. The van der Waals surface area contributed by atoms with Crippen molar-refractivity contribution in [3.63, 3.8) is 0 Å². The molecule has 0 unspecified atom stereocenters. The molecule has 0 radical (unpaired) electrons. The summed E-state index contributed by atoms with van der Waals surface area (Å²) in [6, 6.07) is 22.5. The molecule has 0 bridgehead atoms. The molecule has 0 saturated carbocycles. The van der Waals surface area contributed by atoms with Gasteiger partial charge in [-0.2, -0.15) is 0 Å². The number of rotatable bonds is 9. The minimum atomic E-state index is -0.965. The summed E-state index contributed by atoms with van der Waals surface area (Å²) in [6.45, 7) is 2.35. The summed E-state index contributed by atoms with van der Waals surface area (Å²) in [4.78, 5) is 38.1. The highest BCUT2D eigenvalue weighted by Gasteiger charge is 2.18. The summed E-state index contributed by atoms with van der Waals surface area (Å²) in [5.74, 6) is -1.30. The summed E-state index contributed by atoms with van der Waals surface area (Å²) >= 11 is 0. The Bertz CT molecular complexity index is 1310. The first-order valence-corrected chi connectivity index (χ1v) is 12.9.